The highest BCUT2D eigenvalue weighted by atomic mass is 32.2. The normalized spacial score (nSPS) is 13.8. The van der Waals surface area contributed by atoms with E-state index < -0.39 is 11.4 Å². The Morgan fingerprint density at radius 3 is 2.63 bits per heavy atom. The van der Waals surface area contributed by atoms with E-state index in [2.05, 4.69) is 17.0 Å². The summed E-state index contributed by atoms with van der Waals surface area (Å²) >= 11 is 2.49. The highest BCUT2D eigenvalue weighted by molar-refractivity contribution is 7.96. The zero-order chi connectivity index (χ0) is 14.6. The van der Waals surface area contributed by atoms with E-state index in [1.807, 2.05) is 45.9 Å². The van der Waals surface area contributed by atoms with Crippen LogP contribution in [0.5, 0.6) is 0 Å². The third-order valence-corrected chi connectivity index (χ3v) is 3.96. The van der Waals surface area contributed by atoms with E-state index in [9.17, 15) is 9.35 Å². The lowest BCUT2D eigenvalue weighted by molar-refractivity contribution is -0.110. The van der Waals surface area contributed by atoms with Crippen molar-refractivity contribution in [2.75, 3.05) is 0 Å². The molecule has 0 aromatic heterocycles. The fourth-order valence-corrected chi connectivity index (χ4v) is 2.12. The molecule has 3 nitrogen and oxygen atoms in total. The maximum Gasteiger partial charge on any atom is 0.190 e. The minimum absolute atomic E-state index is 0.199. The Hall–Kier alpha value is -0.780. The van der Waals surface area contributed by atoms with Crippen molar-refractivity contribution in [3.8, 4) is 0 Å². The van der Waals surface area contributed by atoms with Crippen molar-refractivity contribution in [3.05, 3.63) is 34.9 Å². The van der Waals surface area contributed by atoms with Crippen molar-refractivity contribution in [1.29, 1.82) is 0 Å². The minimum atomic E-state index is -1.30. The molecule has 0 bridgehead atoms. The molecule has 104 valence electrons. The third kappa shape index (κ3) is 5.38. The van der Waals surface area contributed by atoms with Gasteiger partial charge in [0.2, 0.25) is 0 Å². The fraction of sp³-hybridized carbons (Fsp3) is 0.429. The highest BCUT2D eigenvalue weighted by Crippen LogP contribution is 2.18. The molecule has 19 heavy (non-hydrogen) atoms. The average molecular weight is 297 g/mol. The maximum absolute atomic E-state index is 11.9. The number of nitrogens with zero attached hydrogens (tertiary/aromatic N) is 1. The molecular weight excluding hydrogens is 278 g/mol. The van der Waals surface area contributed by atoms with E-state index >= 15 is 0 Å². The van der Waals surface area contributed by atoms with Gasteiger partial charge in [-0.2, -0.15) is 0 Å². The van der Waals surface area contributed by atoms with Gasteiger partial charge in [-0.1, -0.05) is 28.2 Å². The van der Waals surface area contributed by atoms with Gasteiger partial charge in [0.1, 0.15) is 16.1 Å². The first kappa shape index (κ1) is 16.3. The Labute approximate surface area is 123 Å². The van der Waals surface area contributed by atoms with Crippen LogP contribution in [0.4, 0.5) is 0 Å². The van der Waals surface area contributed by atoms with Crippen LogP contribution in [0.3, 0.4) is 0 Å². The summed E-state index contributed by atoms with van der Waals surface area (Å²) in [4.78, 5) is 11.1. The van der Waals surface area contributed by atoms with Gasteiger partial charge in [0.05, 0.1) is 6.21 Å². The van der Waals surface area contributed by atoms with Crippen molar-refractivity contribution in [2.24, 2.45) is 4.40 Å². The maximum atomic E-state index is 11.9. The Morgan fingerprint density at radius 1 is 1.47 bits per heavy atom. The zero-order valence-electron chi connectivity index (χ0n) is 11.6. The van der Waals surface area contributed by atoms with Crippen molar-refractivity contribution >= 4 is 35.3 Å². The first-order valence-electron chi connectivity index (χ1n) is 5.97. The number of rotatable bonds is 4. The molecule has 0 aliphatic rings. The molecule has 1 rings (SSSR count). The summed E-state index contributed by atoms with van der Waals surface area (Å²) in [6, 6.07) is 5.74. The summed E-state index contributed by atoms with van der Waals surface area (Å²) in [5.74, 6) is 0. The number of carbonyl (C=O) groups excluding carboxylic acids is 1. The Kier molecular flexibility index (Phi) is 5.64. The van der Waals surface area contributed by atoms with Crippen LogP contribution in [0.2, 0.25) is 0 Å². The molecule has 0 N–H and O–H groups in total. The number of hydrogen-bond donors (Lipinski definition) is 1. The highest BCUT2D eigenvalue weighted by Gasteiger charge is 2.25. The molecule has 0 spiro atoms. The van der Waals surface area contributed by atoms with E-state index in [0.717, 1.165) is 16.7 Å². The van der Waals surface area contributed by atoms with Gasteiger partial charge in [0.25, 0.3) is 0 Å². The van der Waals surface area contributed by atoms with Gasteiger partial charge >= 0.3 is 0 Å². The molecule has 0 saturated carbocycles. The van der Waals surface area contributed by atoms with Crippen LogP contribution >= 0.6 is 12.6 Å². The number of hydrogen-bond acceptors (Lipinski definition) is 3. The summed E-state index contributed by atoms with van der Waals surface area (Å²) in [6.07, 6.45) is 1.83. The van der Waals surface area contributed by atoms with Gasteiger partial charge in [-0.25, -0.2) is 0 Å². The smallest absolute Gasteiger partial charge is 0.190 e. The van der Waals surface area contributed by atoms with Crippen molar-refractivity contribution in [3.63, 3.8) is 0 Å². The average Bonchev–Trinajstić information content (AvgIpc) is 2.27. The molecule has 0 heterocycles. The second-order valence-corrected chi connectivity index (χ2v) is 7.80. The largest absolute Gasteiger partial charge is 0.591 e. The first-order chi connectivity index (χ1) is 8.70. The molecule has 1 aromatic rings. The molecular formula is C14H19NO2S2. The monoisotopic (exact) mass is 297 g/mol. The van der Waals surface area contributed by atoms with Crippen LogP contribution in [-0.2, 0) is 22.6 Å². The lowest BCUT2D eigenvalue weighted by atomic mass is 10.0. The molecule has 0 saturated heterocycles. The second-order valence-electron chi connectivity index (χ2n) is 5.37. The molecule has 1 atom stereocenters. The Bertz CT molecular complexity index is 493. The van der Waals surface area contributed by atoms with Gasteiger partial charge in [-0.3, -0.25) is 4.79 Å². The topological polar surface area (TPSA) is 52.5 Å². The van der Waals surface area contributed by atoms with Crippen LogP contribution in [-0.4, -0.2) is 20.6 Å². The molecule has 5 heteroatoms. The number of thiol groups is 1. The van der Waals surface area contributed by atoms with Gasteiger partial charge in [0, 0.05) is 12.0 Å². The van der Waals surface area contributed by atoms with Crippen LogP contribution in [0.1, 0.15) is 37.5 Å². The van der Waals surface area contributed by atoms with Crippen molar-refractivity contribution < 1.29 is 9.35 Å². The van der Waals surface area contributed by atoms with Crippen LogP contribution in [0.25, 0.3) is 0 Å². The van der Waals surface area contributed by atoms with E-state index in [1.54, 1.807) is 6.21 Å². The molecule has 1 aromatic carbocycles. The fourth-order valence-electron chi connectivity index (χ4n) is 1.42. The van der Waals surface area contributed by atoms with Crippen LogP contribution in [0, 0.1) is 6.92 Å². The molecule has 0 aliphatic heterocycles. The summed E-state index contributed by atoms with van der Waals surface area (Å²) in [5, 5.41) is -0.199. The number of carbonyl (C=O) groups is 1. The van der Waals surface area contributed by atoms with E-state index in [0.29, 0.717) is 0 Å². The second kappa shape index (κ2) is 6.59. The van der Waals surface area contributed by atoms with Gasteiger partial charge < -0.3 is 4.55 Å². The first-order valence-corrected chi connectivity index (χ1v) is 7.53. The Balaban J connectivity index is 3.02. The summed E-state index contributed by atoms with van der Waals surface area (Å²) < 4.78 is 15.6. The predicted molar refractivity (Wildman–Crippen MR) is 84.4 cm³/mol. The lowest BCUT2D eigenvalue weighted by Gasteiger charge is -2.17. The molecule has 0 radical (unpaired) electrons. The number of aryl methyl sites for hydroxylation is 1. The summed E-state index contributed by atoms with van der Waals surface area (Å²) in [6.45, 7) is 7.57. The molecule has 0 amide bonds. The lowest BCUT2D eigenvalue weighted by Crippen LogP contribution is -2.25. The third-order valence-electron chi connectivity index (χ3n) is 2.45. The Morgan fingerprint density at radius 2 is 2.11 bits per heavy atom. The molecule has 0 fully saturated rings. The molecule has 0 aliphatic carbocycles. The quantitative estimate of drug-likeness (QED) is 0.528. The van der Waals surface area contributed by atoms with Gasteiger partial charge in [0.15, 0.2) is 5.12 Å². The predicted octanol–water partition coefficient (Wildman–Crippen LogP) is 2.88. The molecule has 1 unspecified atom stereocenters. The zero-order valence-corrected chi connectivity index (χ0v) is 13.3. The van der Waals surface area contributed by atoms with Crippen molar-refractivity contribution in [1.82, 2.24) is 0 Å². The number of benzene rings is 1. The summed E-state index contributed by atoms with van der Waals surface area (Å²) in [5.41, 5.74) is 2.73. The minimum Gasteiger partial charge on any atom is -0.591 e. The van der Waals surface area contributed by atoms with Crippen molar-refractivity contribution in [2.45, 2.75) is 38.9 Å². The van der Waals surface area contributed by atoms with E-state index in [-0.39, 0.29) is 16.3 Å². The van der Waals surface area contributed by atoms with Gasteiger partial charge in [-0.05, 0) is 33.3 Å². The standard InChI is InChI=1S/C14H19NO2S2/c1-10-5-6-11(8-13(16)18)12(7-10)9-15-19(17)14(2,3)4/h5-7,9H,8H2,1-4H3,(H,16,18). The van der Waals surface area contributed by atoms with Crippen LogP contribution in [0.15, 0.2) is 22.6 Å². The van der Waals surface area contributed by atoms with E-state index in [1.165, 1.54) is 0 Å². The van der Waals surface area contributed by atoms with Crippen LogP contribution < -0.4 is 0 Å². The SMILES string of the molecule is Cc1ccc(CC(=O)S)c(C=N[S+]([O-])C(C)(C)C)c1. The summed E-state index contributed by atoms with van der Waals surface area (Å²) in [7, 11) is 0. The van der Waals surface area contributed by atoms with E-state index in [4.69, 9.17) is 0 Å². The van der Waals surface area contributed by atoms with Gasteiger partial charge in [-0.15, -0.1) is 12.6 Å².